The second-order valence-electron chi connectivity index (χ2n) is 3.14. The first-order chi connectivity index (χ1) is 6.92. The van der Waals surface area contributed by atoms with Gasteiger partial charge in [0.15, 0.2) is 0 Å². The summed E-state index contributed by atoms with van der Waals surface area (Å²) in [6, 6.07) is 19.4. The molecule has 0 spiro atoms. The quantitative estimate of drug-likeness (QED) is 0.759. The van der Waals surface area contributed by atoms with Gasteiger partial charge in [-0.2, -0.15) is 0 Å². The molecule has 0 aromatic heterocycles. The Morgan fingerprint density at radius 3 is 2.50 bits per heavy atom. The molecule has 2 rings (SSSR count). The third-order valence-electron chi connectivity index (χ3n) is 2.22. The smallest absolute Gasteiger partial charge is 0.0184 e. The van der Waals surface area contributed by atoms with Crippen molar-refractivity contribution in [3.8, 4) is 11.1 Å². The van der Waals surface area contributed by atoms with Gasteiger partial charge in [-0.15, -0.1) is 0 Å². The van der Waals surface area contributed by atoms with Crippen molar-refractivity contribution in [1.82, 2.24) is 0 Å². The molecule has 0 unspecified atom stereocenters. The number of nitrogens with two attached hydrogens (primary N) is 1. The average molecular weight is 182 g/mol. The molecule has 0 saturated carbocycles. The van der Waals surface area contributed by atoms with Crippen LogP contribution in [0.1, 0.15) is 5.56 Å². The molecule has 0 heterocycles. The van der Waals surface area contributed by atoms with Gasteiger partial charge >= 0.3 is 0 Å². The van der Waals surface area contributed by atoms with E-state index in [1.165, 1.54) is 5.56 Å². The molecule has 0 aliphatic heterocycles. The Morgan fingerprint density at radius 1 is 1.00 bits per heavy atom. The molecule has 2 aromatic carbocycles. The van der Waals surface area contributed by atoms with E-state index in [1.807, 2.05) is 36.4 Å². The lowest BCUT2D eigenvalue weighted by Gasteiger charge is -2.06. The first-order valence-electron chi connectivity index (χ1n) is 4.67. The highest BCUT2D eigenvalue weighted by molar-refractivity contribution is 5.66. The molecule has 0 aliphatic rings. The summed E-state index contributed by atoms with van der Waals surface area (Å²) >= 11 is 0. The fourth-order valence-electron chi connectivity index (χ4n) is 1.52. The van der Waals surface area contributed by atoms with Crippen molar-refractivity contribution in [2.24, 2.45) is 5.73 Å². The third kappa shape index (κ3) is 1.68. The summed E-state index contributed by atoms with van der Waals surface area (Å²) in [6.07, 6.45) is 0. The van der Waals surface area contributed by atoms with E-state index in [9.17, 15) is 0 Å². The minimum absolute atomic E-state index is 0.557. The largest absolute Gasteiger partial charge is 0.326 e. The van der Waals surface area contributed by atoms with E-state index in [0.717, 1.165) is 11.1 Å². The van der Waals surface area contributed by atoms with Crippen LogP contribution in [0.3, 0.4) is 0 Å². The van der Waals surface area contributed by atoms with Crippen LogP contribution in [0.25, 0.3) is 11.1 Å². The summed E-state index contributed by atoms with van der Waals surface area (Å²) in [5.74, 6) is 0. The number of benzene rings is 2. The molecule has 0 atom stereocenters. The fraction of sp³-hybridized carbons (Fsp3) is 0.0769. The molecule has 0 aliphatic carbocycles. The summed E-state index contributed by atoms with van der Waals surface area (Å²) in [5.41, 5.74) is 9.09. The molecular weight excluding hydrogens is 170 g/mol. The van der Waals surface area contributed by atoms with Gasteiger partial charge in [-0.05, 0) is 22.8 Å². The molecule has 2 N–H and O–H groups in total. The van der Waals surface area contributed by atoms with E-state index in [0.29, 0.717) is 6.54 Å². The molecule has 1 nitrogen and oxygen atoms in total. The van der Waals surface area contributed by atoms with Gasteiger partial charge in [-0.3, -0.25) is 0 Å². The fourth-order valence-corrected chi connectivity index (χ4v) is 1.52. The SMILES string of the molecule is NCc1ccc[c]c1-c1ccccc1. The summed E-state index contributed by atoms with van der Waals surface area (Å²) in [5, 5.41) is 0. The second kappa shape index (κ2) is 4.07. The Labute approximate surface area is 84.2 Å². The van der Waals surface area contributed by atoms with E-state index in [1.54, 1.807) is 0 Å². The van der Waals surface area contributed by atoms with Crippen molar-refractivity contribution < 1.29 is 0 Å². The highest BCUT2D eigenvalue weighted by Gasteiger charge is 2.01. The number of hydrogen-bond acceptors (Lipinski definition) is 1. The van der Waals surface area contributed by atoms with Crippen molar-refractivity contribution in [3.63, 3.8) is 0 Å². The van der Waals surface area contributed by atoms with Gasteiger partial charge in [0.25, 0.3) is 0 Å². The Bertz CT molecular complexity index is 407. The van der Waals surface area contributed by atoms with Crippen LogP contribution in [-0.4, -0.2) is 0 Å². The monoisotopic (exact) mass is 182 g/mol. The third-order valence-corrected chi connectivity index (χ3v) is 2.22. The maximum absolute atomic E-state index is 5.67. The molecule has 0 bridgehead atoms. The van der Waals surface area contributed by atoms with Crippen molar-refractivity contribution in [3.05, 3.63) is 60.2 Å². The Hall–Kier alpha value is -1.60. The molecule has 2 aromatic rings. The zero-order chi connectivity index (χ0) is 9.80. The zero-order valence-electron chi connectivity index (χ0n) is 7.90. The van der Waals surface area contributed by atoms with Crippen LogP contribution in [0.5, 0.6) is 0 Å². The Balaban J connectivity index is 2.51. The van der Waals surface area contributed by atoms with Gasteiger partial charge in [0.1, 0.15) is 0 Å². The highest BCUT2D eigenvalue weighted by Crippen LogP contribution is 2.21. The number of hydrogen-bond donors (Lipinski definition) is 1. The first kappa shape index (κ1) is 8.97. The maximum Gasteiger partial charge on any atom is 0.0184 e. The van der Waals surface area contributed by atoms with E-state index >= 15 is 0 Å². The minimum atomic E-state index is 0.557. The number of rotatable bonds is 2. The van der Waals surface area contributed by atoms with E-state index in [2.05, 4.69) is 18.2 Å². The van der Waals surface area contributed by atoms with E-state index < -0.39 is 0 Å². The highest BCUT2D eigenvalue weighted by atomic mass is 14.5. The molecule has 0 amide bonds. The van der Waals surface area contributed by atoms with Gasteiger partial charge in [-0.25, -0.2) is 0 Å². The Morgan fingerprint density at radius 2 is 1.79 bits per heavy atom. The van der Waals surface area contributed by atoms with Crippen LogP contribution in [0, 0.1) is 6.07 Å². The lowest BCUT2D eigenvalue weighted by molar-refractivity contribution is 1.07. The standard InChI is InChI=1S/C13H12N/c14-10-12-8-4-5-9-13(12)11-6-2-1-3-7-11/h1-8H,10,14H2. The lowest BCUT2D eigenvalue weighted by Crippen LogP contribution is -1.98. The summed E-state index contributed by atoms with van der Waals surface area (Å²) < 4.78 is 0. The molecule has 1 heteroatoms. The lowest BCUT2D eigenvalue weighted by atomic mass is 10.00. The van der Waals surface area contributed by atoms with Gasteiger partial charge in [0, 0.05) is 6.54 Å². The van der Waals surface area contributed by atoms with E-state index in [-0.39, 0.29) is 0 Å². The molecule has 1 radical (unpaired) electrons. The predicted molar refractivity (Wildman–Crippen MR) is 58.6 cm³/mol. The molecular formula is C13H12N. The van der Waals surface area contributed by atoms with Crippen molar-refractivity contribution in [2.75, 3.05) is 0 Å². The minimum Gasteiger partial charge on any atom is -0.326 e. The average Bonchev–Trinajstić information content (AvgIpc) is 2.30. The van der Waals surface area contributed by atoms with Crippen LogP contribution < -0.4 is 5.73 Å². The van der Waals surface area contributed by atoms with Crippen LogP contribution in [0.15, 0.2) is 48.5 Å². The normalized spacial score (nSPS) is 10.1. The zero-order valence-corrected chi connectivity index (χ0v) is 7.90. The van der Waals surface area contributed by atoms with Crippen molar-refractivity contribution >= 4 is 0 Å². The van der Waals surface area contributed by atoms with Gasteiger partial charge in [-0.1, -0.05) is 48.5 Å². The van der Waals surface area contributed by atoms with Gasteiger partial charge in [0.05, 0.1) is 0 Å². The summed E-state index contributed by atoms with van der Waals surface area (Å²) in [4.78, 5) is 0. The maximum atomic E-state index is 5.67. The van der Waals surface area contributed by atoms with Crippen LogP contribution in [0.4, 0.5) is 0 Å². The van der Waals surface area contributed by atoms with Crippen molar-refractivity contribution in [1.29, 1.82) is 0 Å². The topological polar surface area (TPSA) is 26.0 Å². The van der Waals surface area contributed by atoms with Crippen LogP contribution >= 0.6 is 0 Å². The van der Waals surface area contributed by atoms with E-state index in [4.69, 9.17) is 5.73 Å². The summed E-state index contributed by atoms with van der Waals surface area (Å²) in [6.45, 7) is 0.557. The molecule has 14 heavy (non-hydrogen) atoms. The summed E-state index contributed by atoms with van der Waals surface area (Å²) in [7, 11) is 0. The second-order valence-corrected chi connectivity index (χ2v) is 3.14. The van der Waals surface area contributed by atoms with Gasteiger partial charge in [0.2, 0.25) is 0 Å². The van der Waals surface area contributed by atoms with Crippen LogP contribution in [-0.2, 0) is 6.54 Å². The molecule has 0 fully saturated rings. The molecule has 69 valence electrons. The van der Waals surface area contributed by atoms with Gasteiger partial charge < -0.3 is 5.73 Å². The Kier molecular flexibility index (Phi) is 2.61. The van der Waals surface area contributed by atoms with Crippen LogP contribution in [0.2, 0.25) is 0 Å². The molecule has 0 saturated heterocycles. The first-order valence-corrected chi connectivity index (χ1v) is 4.67. The van der Waals surface area contributed by atoms with Crippen molar-refractivity contribution in [2.45, 2.75) is 6.54 Å². The predicted octanol–water partition coefficient (Wildman–Crippen LogP) is 2.61.